The Morgan fingerprint density at radius 3 is 2.05 bits per heavy atom. The molecule has 0 saturated carbocycles. The summed E-state index contributed by atoms with van der Waals surface area (Å²) in [7, 11) is 2.02. The van der Waals surface area contributed by atoms with Crippen LogP contribution in [0, 0.1) is 5.92 Å². The molecule has 1 heterocycles. The molecular weight excluding hydrogens is 300 g/mol. The molecule has 1 aliphatic rings. The minimum atomic E-state index is 0. The molecule has 0 radical (unpaired) electrons. The van der Waals surface area contributed by atoms with E-state index >= 15 is 0 Å². The zero-order valence-electron chi connectivity index (χ0n) is 12.4. The minimum absolute atomic E-state index is 0. The van der Waals surface area contributed by atoms with Gasteiger partial charge in [-0.15, -0.1) is 12.4 Å². The van der Waals surface area contributed by atoms with E-state index in [1.165, 1.54) is 21.2 Å². The molecule has 2 aromatic carbocycles. The Bertz CT molecular complexity index is 557. The molecule has 0 amide bonds. The molecule has 0 spiro atoms. The maximum atomic E-state index is 3.27. The third-order valence-corrected chi connectivity index (χ3v) is 4.71. The van der Waals surface area contributed by atoms with E-state index in [2.05, 4.69) is 65.7 Å². The van der Waals surface area contributed by atoms with E-state index in [0.717, 1.165) is 13.1 Å². The third kappa shape index (κ3) is 3.37. The quantitative estimate of drug-likeness (QED) is 0.888. The molecular formula is C17H21ClN2S. The van der Waals surface area contributed by atoms with Crippen LogP contribution in [0.4, 0.5) is 11.4 Å². The molecule has 112 valence electrons. The zero-order valence-corrected chi connectivity index (χ0v) is 14.0. The lowest BCUT2D eigenvalue weighted by Crippen LogP contribution is -2.30. The van der Waals surface area contributed by atoms with Gasteiger partial charge in [0.2, 0.25) is 0 Å². The molecule has 3 rings (SSSR count). The highest BCUT2D eigenvalue weighted by atomic mass is 35.5. The maximum absolute atomic E-state index is 3.27. The highest BCUT2D eigenvalue weighted by Crippen LogP contribution is 2.47. The van der Waals surface area contributed by atoms with E-state index in [-0.39, 0.29) is 12.4 Å². The molecule has 1 atom stereocenters. The topological polar surface area (TPSA) is 15.3 Å². The first kappa shape index (κ1) is 16.2. The smallest absolute Gasteiger partial charge is 0.0552 e. The van der Waals surface area contributed by atoms with Gasteiger partial charge >= 0.3 is 0 Å². The SMILES string of the molecule is CNCC(C)CN1c2ccccc2Sc2ccccc21.Cl. The van der Waals surface area contributed by atoms with Crippen molar-refractivity contribution >= 4 is 35.5 Å². The summed E-state index contributed by atoms with van der Waals surface area (Å²) in [4.78, 5) is 5.16. The van der Waals surface area contributed by atoms with Gasteiger partial charge in [0, 0.05) is 16.3 Å². The van der Waals surface area contributed by atoms with Crippen LogP contribution in [0.3, 0.4) is 0 Å². The van der Waals surface area contributed by atoms with E-state index in [0.29, 0.717) is 5.92 Å². The predicted octanol–water partition coefficient (Wildman–Crippen LogP) is 4.57. The number of fused-ring (bicyclic) bond motifs is 2. The van der Waals surface area contributed by atoms with E-state index < -0.39 is 0 Å². The van der Waals surface area contributed by atoms with Crippen molar-refractivity contribution in [2.24, 2.45) is 5.92 Å². The molecule has 2 nitrogen and oxygen atoms in total. The van der Waals surface area contributed by atoms with Gasteiger partial charge < -0.3 is 10.2 Å². The van der Waals surface area contributed by atoms with Gasteiger partial charge in [-0.25, -0.2) is 0 Å². The van der Waals surface area contributed by atoms with Crippen LogP contribution in [-0.2, 0) is 0 Å². The Labute approximate surface area is 137 Å². The summed E-state index contributed by atoms with van der Waals surface area (Å²) in [6.45, 7) is 4.37. The molecule has 1 aliphatic heterocycles. The van der Waals surface area contributed by atoms with Gasteiger partial charge in [0.25, 0.3) is 0 Å². The van der Waals surface area contributed by atoms with E-state index in [9.17, 15) is 0 Å². The molecule has 0 bridgehead atoms. The summed E-state index contributed by atoms with van der Waals surface area (Å²) in [5, 5.41) is 3.27. The van der Waals surface area contributed by atoms with Gasteiger partial charge in [-0.3, -0.25) is 0 Å². The first-order chi connectivity index (χ1) is 9.79. The molecule has 0 fully saturated rings. The normalized spacial score (nSPS) is 13.9. The van der Waals surface area contributed by atoms with Gasteiger partial charge in [-0.2, -0.15) is 0 Å². The van der Waals surface area contributed by atoms with Crippen molar-refractivity contribution in [2.75, 3.05) is 25.0 Å². The minimum Gasteiger partial charge on any atom is -0.339 e. The fourth-order valence-electron chi connectivity index (χ4n) is 2.70. The Morgan fingerprint density at radius 1 is 1.00 bits per heavy atom. The fraction of sp³-hybridized carbons (Fsp3) is 0.294. The fourth-order valence-corrected chi connectivity index (χ4v) is 3.80. The molecule has 21 heavy (non-hydrogen) atoms. The number of para-hydroxylation sites is 2. The van der Waals surface area contributed by atoms with Crippen molar-refractivity contribution in [2.45, 2.75) is 16.7 Å². The molecule has 4 heteroatoms. The average Bonchev–Trinajstić information content (AvgIpc) is 2.47. The van der Waals surface area contributed by atoms with Crippen LogP contribution >= 0.6 is 24.2 Å². The number of halogens is 1. The highest BCUT2D eigenvalue weighted by molar-refractivity contribution is 7.99. The lowest BCUT2D eigenvalue weighted by atomic mass is 10.1. The van der Waals surface area contributed by atoms with E-state index in [1.54, 1.807) is 0 Å². The van der Waals surface area contributed by atoms with Crippen molar-refractivity contribution < 1.29 is 0 Å². The standard InChI is InChI=1S/C17H20N2S.ClH/c1-13(11-18-2)12-19-14-7-3-5-9-16(14)20-17-10-6-4-8-15(17)19;/h3-10,13,18H,11-12H2,1-2H3;1H. The number of hydrogen-bond donors (Lipinski definition) is 1. The van der Waals surface area contributed by atoms with Gasteiger partial charge in [0.15, 0.2) is 0 Å². The second kappa shape index (κ2) is 7.21. The number of anilines is 2. The molecule has 1 unspecified atom stereocenters. The second-order valence-electron chi connectivity index (χ2n) is 5.31. The van der Waals surface area contributed by atoms with Gasteiger partial charge in [0.05, 0.1) is 11.4 Å². The monoisotopic (exact) mass is 320 g/mol. The predicted molar refractivity (Wildman–Crippen MR) is 94.4 cm³/mol. The summed E-state index contributed by atoms with van der Waals surface area (Å²) in [6, 6.07) is 17.4. The van der Waals surface area contributed by atoms with Crippen molar-refractivity contribution in [1.29, 1.82) is 0 Å². The summed E-state index contributed by atoms with van der Waals surface area (Å²) >= 11 is 1.87. The lowest BCUT2D eigenvalue weighted by Gasteiger charge is -2.34. The molecule has 2 aromatic rings. The summed E-state index contributed by atoms with van der Waals surface area (Å²) in [5.41, 5.74) is 2.67. The van der Waals surface area contributed by atoms with Crippen LogP contribution in [0.1, 0.15) is 6.92 Å². The van der Waals surface area contributed by atoms with Crippen molar-refractivity contribution in [3.05, 3.63) is 48.5 Å². The number of hydrogen-bond acceptors (Lipinski definition) is 3. The number of nitrogens with zero attached hydrogens (tertiary/aromatic N) is 1. The van der Waals surface area contributed by atoms with Crippen LogP contribution in [0.25, 0.3) is 0 Å². The van der Waals surface area contributed by atoms with Crippen molar-refractivity contribution in [3.63, 3.8) is 0 Å². The summed E-state index contributed by atoms with van der Waals surface area (Å²) < 4.78 is 0. The largest absolute Gasteiger partial charge is 0.339 e. The molecule has 0 aromatic heterocycles. The Morgan fingerprint density at radius 2 is 1.52 bits per heavy atom. The van der Waals surface area contributed by atoms with Crippen molar-refractivity contribution in [1.82, 2.24) is 5.32 Å². The Hall–Kier alpha value is -1.16. The van der Waals surface area contributed by atoms with Gasteiger partial charge in [-0.1, -0.05) is 43.0 Å². The van der Waals surface area contributed by atoms with Gasteiger partial charge in [-0.05, 0) is 43.8 Å². The third-order valence-electron chi connectivity index (χ3n) is 3.58. The highest BCUT2D eigenvalue weighted by Gasteiger charge is 2.23. The number of nitrogens with one attached hydrogen (secondary N) is 1. The van der Waals surface area contributed by atoms with Gasteiger partial charge in [0.1, 0.15) is 0 Å². The lowest BCUT2D eigenvalue weighted by molar-refractivity contribution is 0.547. The van der Waals surface area contributed by atoms with E-state index in [4.69, 9.17) is 0 Å². The van der Waals surface area contributed by atoms with Crippen LogP contribution < -0.4 is 10.2 Å². The average molecular weight is 321 g/mol. The number of rotatable bonds is 4. The Balaban J connectivity index is 0.00000161. The maximum Gasteiger partial charge on any atom is 0.0552 e. The first-order valence-electron chi connectivity index (χ1n) is 7.07. The van der Waals surface area contributed by atoms with Crippen LogP contribution in [-0.4, -0.2) is 20.1 Å². The molecule has 0 aliphatic carbocycles. The van der Waals surface area contributed by atoms with Crippen LogP contribution in [0.5, 0.6) is 0 Å². The Kier molecular flexibility index (Phi) is 5.57. The van der Waals surface area contributed by atoms with E-state index in [1.807, 2.05) is 18.8 Å². The zero-order chi connectivity index (χ0) is 13.9. The first-order valence-corrected chi connectivity index (χ1v) is 7.89. The molecule has 0 saturated heterocycles. The second-order valence-corrected chi connectivity index (χ2v) is 6.39. The van der Waals surface area contributed by atoms with Crippen LogP contribution in [0.15, 0.2) is 58.3 Å². The van der Waals surface area contributed by atoms with Crippen molar-refractivity contribution in [3.8, 4) is 0 Å². The molecule has 1 N–H and O–H groups in total. The summed E-state index contributed by atoms with van der Waals surface area (Å²) in [6.07, 6.45) is 0. The summed E-state index contributed by atoms with van der Waals surface area (Å²) in [5.74, 6) is 0.601. The van der Waals surface area contributed by atoms with Crippen LogP contribution in [0.2, 0.25) is 0 Å². The number of benzene rings is 2.